The molecule has 4 nitrogen and oxygen atoms in total. The summed E-state index contributed by atoms with van der Waals surface area (Å²) in [5, 5.41) is 11.0. The number of carbonyl (C=O) groups is 1. The van der Waals surface area contributed by atoms with Gasteiger partial charge in [0.15, 0.2) is 4.80 Å². The molecule has 2 aromatic rings. The molecule has 0 bridgehead atoms. The Morgan fingerprint density at radius 2 is 2.30 bits per heavy atom. The molecule has 0 aliphatic heterocycles. The van der Waals surface area contributed by atoms with Crippen molar-refractivity contribution in [3.8, 4) is 0 Å². The molecule has 106 valence electrons. The van der Waals surface area contributed by atoms with Crippen molar-refractivity contribution in [1.82, 2.24) is 4.57 Å². The normalized spacial score (nSPS) is 13.4. The van der Waals surface area contributed by atoms with Gasteiger partial charge in [-0.25, -0.2) is 9.38 Å². The molecule has 1 N–H and O–H groups in total. The van der Waals surface area contributed by atoms with Crippen LogP contribution < -0.4 is 4.80 Å². The fourth-order valence-corrected chi connectivity index (χ4v) is 2.69. The van der Waals surface area contributed by atoms with Crippen LogP contribution in [0.5, 0.6) is 0 Å². The van der Waals surface area contributed by atoms with Gasteiger partial charge in [0.05, 0.1) is 11.6 Å². The summed E-state index contributed by atoms with van der Waals surface area (Å²) >= 11 is 1.45. The molecule has 1 heterocycles. The fraction of sp³-hybridized carbons (Fsp3) is 0.286. The SMILES string of the molecule is CCC(C(=O)O)c1ccc(N=c2sccn2C)cc1F. The number of carboxylic acid groups (broad SMARTS) is 1. The summed E-state index contributed by atoms with van der Waals surface area (Å²) in [7, 11) is 1.86. The third kappa shape index (κ3) is 2.96. The van der Waals surface area contributed by atoms with Crippen molar-refractivity contribution in [1.29, 1.82) is 0 Å². The van der Waals surface area contributed by atoms with Crippen LogP contribution in [0.3, 0.4) is 0 Å². The van der Waals surface area contributed by atoms with E-state index in [4.69, 9.17) is 5.11 Å². The number of thiazole rings is 1. The van der Waals surface area contributed by atoms with E-state index >= 15 is 0 Å². The maximum atomic E-state index is 14.1. The van der Waals surface area contributed by atoms with Crippen molar-refractivity contribution < 1.29 is 14.3 Å². The van der Waals surface area contributed by atoms with Gasteiger partial charge in [-0.15, -0.1) is 11.3 Å². The second kappa shape index (κ2) is 6.00. The van der Waals surface area contributed by atoms with E-state index in [-0.39, 0.29) is 5.56 Å². The van der Waals surface area contributed by atoms with Crippen LogP contribution in [0.25, 0.3) is 0 Å². The zero-order valence-electron chi connectivity index (χ0n) is 11.2. The van der Waals surface area contributed by atoms with E-state index < -0.39 is 17.7 Å². The van der Waals surface area contributed by atoms with Crippen molar-refractivity contribution in [2.75, 3.05) is 0 Å². The molecule has 0 saturated carbocycles. The molecule has 0 fully saturated rings. The summed E-state index contributed by atoms with van der Waals surface area (Å²) in [5.74, 6) is -2.36. The molecule has 1 unspecified atom stereocenters. The van der Waals surface area contributed by atoms with E-state index in [0.29, 0.717) is 12.1 Å². The van der Waals surface area contributed by atoms with E-state index in [9.17, 15) is 9.18 Å². The van der Waals surface area contributed by atoms with Gasteiger partial charge in [-0.1, -0.05) is 13.0 Å². The number of benzene rings is 1. The zero-order chi connectivity index (χ0) is 14.7. The topological polar surface area (TPSA) is 54.6 Å². The number of halogens is 1. The van der Waals surface area contributed by atoms with Crippen molar-refractivity contribution in [3.05, 3.63) is 46.0 Å². The smallest absolute Gasteiger partial charge is 0.311 e. The second-order valence-corrected chi connectivity index (χ2v) is 5.29. The highest BCUT2D eigenvalue weighted by molar-refractivity contribution is 7.07. The van der Waals surface area contributed by atoms with Gasteiger partial charge < -0.3 is 9.67 Å². The van der Waals surface area contributed by atoms with Crippen LogP contribution in [0.2, 0.25) is 0 Å². The van der Waals surface area contributed by atoms with Crippen molar-refractivity contribution in [2.45, 2.75) is 19.3 Å². The molecule has 0 aliphatic carbocycles. The summed E-state index contributed by atoms with van der Waals surface area (Å²) < 4.78 is 15.9. The number of carboxylic acids is 1. The Labute approximate surface area is 119 Å². The predicted octanol–water partition coefficient (Wildman–Crippen LogP) is 3.04. The molecular weight excluding hydrogens is 279 g/mol. The van der Waals surface area contributed by atoms with Gasteiger partial charge in [-0.3, -0.25) is 4.79 Å². The van der Waals surface area contributed by atoms with Crippen LogP contribution in [0.1, 0.15) is 24.8 Å². The standard InChI is InChI=1S/C14H15FN2O2S/c1-3-10(13(18)19)11-5-4-9(8-12(11)15)16-14-17(2)6-7-20-14/h4-8,10H,3H2,1-2H3,(H,18,19). The Hall–Kier alpha value is -1.95. The highest BCUT2D eigenvalue weighted by Crippen LogP contribution is 2.26. The lowest BCUT2D eigenvalue weighted by atomic mass is 9.96. The van der Waals surface area contributed by atoms with Gasteiger partial charge in [-0.2, -0.15) is 0 Å². The van der Waals surface area contributed by atoms with Gasteiger partial charge in [0.1, 0.15) is 5.82 Å². The molecule has 0 saturated heterocycles. The first kappa shape index (κ1) is 14.5. The van der Waals surface area contributed by atoms with E-state index in [2.05, 4.69) is 4.99 Å². The number of aliphatic carboxylic acids is 1. The number of aromatic nitrogens is 1. The average Bonchev–Trinajstić information content (AvgIpc) is 2.78. The predicted molar refractivity (Wildman–Crippen MR) is 75.6 cm³/mol. The lowest BCUT2D eigenvalue weighted by molar-refractivity contribution is -0.138. The molecular formula is C14H15FN2O2S. The van der Waals surface area contributed by atoms with Gasteiger partial charge in [0.25, 0.3) is 0 Å². The van der Waals surface area contributed by atoms with E-state index in [0.717, 1.165) is 4.80 Å². The quantitative estimate of drug-likeness (QED) is 0.942. The Balaban J connectivity index is 2.40. The fourth-order valence-electron chi connectivity index (χ4n) is 1.94. The minimum atomic E-state index is -1.01. The molecule has 0 spiro atoms. The maximum Gasteiger partial charge on any atom is 0.311 e. The summed E-state index contributed by atoms with van der Waals surface area (Å²) in [6.07, 6.45) is 2.22. The van der Waals surface area contributed by atoms with Crippen molar-refractivity contribution in [3.63, 3.8) is 0 Å². The summed E-state index contributed by atoms with van der Waals surface area (Å²) in [4.78, 5) is 16.2. The monoisotopic (exact) mass is 294 g/mol. The Morgan fingerprint density at radius 3 is 2.80 bits per heavy atom. The van der Waals surface area contributed by atoms with Crippen LogP contribution in [0.15, 0.2) is 34.8 Å². The molecule has 0 radical (unpaired) electrons. The summed E-state index contributed by atoms with van der Waals surface area (Å²) in [6.45, 7) is 1.72. The van der Waals surface area contributed by atoms with Gasteiger partial charge in [-0.05, 0) is 18.6 Å². The summed E-state index contributed by atoms with van der Waals surface area (Å²) in [6, 6.07) is 4.43. The molecule has 1 aromatic carbocycles. The van der Waals surface area contributed by atoms with Gasteiger partial charge in [0.2, 0.25) is 0 Å². The zero-order valence-corrected chi connectivity index (χ0v) is 12.0. The minimum Gasteiger partial charge on any atom is -0.481 e. The van der Waals surface area contributed by atoms with Crippen molar-refractivity contribution >= 4 is 23.0 Å². The van der Waals surface area contributed by atoms with Crippen LogP contribution in [-0.4, -0.2) is 15.6 Å². The minimum absolute atomic E-state index is 0.203. The number of rotatable bonds is 4. The first-order valence-corrected chi connectivity index (χ1v) is 7.08. The largest absolute Gasteiger partial charge is 0.481 e. The van der Waals surface area contributed by atoms with Crippen molar-refractivity contribution in [2.24, 2.45) is 12.0 Å². The molecule has 2 rings (SSSR count). The van der Waals surface area contributed by atoms with Gasteiger partial charge >= 0.3 is 5.97 Å². The second-order valence-electron chi connectivity index (χ2n) is 4.41. The third-order valence-electron chi connectivity index (χ3n) is 3.05. The Kier molecular flexibility index (Phi) is 4.34. The lowest BCUT2D eigenvalue weighted by Crippen LogP contribution is -2.12. The molecule has 20 heavy (non-hydrogen) atoms. The Bertz CT molecular complexity index is 690. The first-order valence-electron chi connectivity index (χ1n) is 6.20. The third-order valence-corrected chi connectivity index (χ3v) is 3.90. The molecule has 1 atom stereocenters. The first-order chi connectivity index (χ1) is 9.52. The molecule has 0 aliphatic rings. The van der Waals surface area contributed by atoms with E-state index in [1.165, 1.54) is 23.5 Å². The van der Waals surface area contributed by atoms with E-state index in [1.54, 1.807) is 13.0 Å². The highest BCUT2D eigenvalue weighted by atomic mass is 32.1. The molecule has 0 amide bonds. The van der Waals surface area contributed by atoms with Crippen LogP contribution in [0, 0.1) is 5.82 Å². The summed E-state index contributed by atoms with van der Waals surface area (Å²) in [5.41, 5.74) is 0.680. The maximum absolute atomic E-state index is 14.1. The number of aryl methyl sites for hydroxylation is 1. The number of nitrogens with zero attached hydrogens (tertiary/aromatic N) is 2. The van der Waals surface area contributed by atoms with Gasteiger partial charge in [0, 0.05) is 24.2 Å². The van der Waals surface area contributed by atoms with Crippen LogP contribution in [0.4, 0.5) is 10.1 Å². The van der Waals surface area contributed by atoms with Crippen LogP contribution >= 0.6 is 11.3 Å². The lowest BCUT2D eigenvalue weighted by Gasteiger charge is -2.11. The average molecular weight is 294 g/mol. The highest BCUT2D eigenvalue weighted by Gasteiger charge is 2.21. The molecule has 6 heteroatoms. The number of hydrogen-bond acceptors (Lipinski definition) is 3. The molecule has 1 aromatic heterocycles. The number of hydrogen-bond donors (Lipinski definition) is 1. The Morgan fingerprint density at radius 1 is 1.55 bits per heavy atom. The van der Waals surface area contributed by atoms with Crippen LogP contribution in [-0.2, 0) is 11.8 Å². The van der Waals surface area contributed by atoms with E-state index in [1.807, 2.05) is 23.2 Å².